The average Bonchev–Trinajstić information content (AvgIpc) is 2.54. The minimum atomic E-state index is -3.15. The first-order valence-electron chi connectivity index (χ1n) is 7.63. The van der Waals surface area contributed by atoms with Crippen LogP contribution in [0.25, 0.3) is 0 Å². The van der Waals surface area contributed by atoms with E-state index in [-0.39, 0.29) is 5.78 Å². The number of hydrogen-bond acceptors (Lipinski definition) is 4. The molecule has 118 valence electrons. The maximum absolute atomic E-state index is 12.9. The highest BCUT2D eigenvalue weighted by Gasteiger charge is 2.40. The molecule has 1 fully saturated rings. The fourth-order valence-corrected chi connectivity index (χ4v) is 4.75. The summed E-state index contributed by atoms with van der Waals surface area (Å²) >= 11 is 0. The van der Waals surface area contributed by atoms with Crippen LogP contribution in [0.2, 0.25) is 0 Å². The highest BCUT2D eigenvalue weighted by atomic mass is 31.2. The molecule has 1 N–H and O–H groups in total. The van der Waals surface area contributed by atoms with E-state index in [4.69, 9.17) is 9.05 Å². The SMILES string of the molecule is COP(=O)(OC)C(Nc1ccc(C)cc1)C1CCCCC1. The Morgan fingerprint density at radius 1 is 1.10 bits per heavy atom. The van der Waals surface area contributed by atoms with E-state index in [0.717, 1.165) is 18.5 Å². The summed E-state index contributed by atoms with van der Waals surface area (Å²) in [7, 11) is -0.210. The van der Waals surface area contributed by atoms with Gasteiger partial charge in [-0.2, -0.15) is 0 Å². The van der Waals surface area contributed by atoms with E-state index >= 15 is 0 Å². The summed E-state index contributed by atoms with van der Waals surface area (Å²) in [6, 6.07) is 8.12. The second-order valence-corrected chi connectivity index (χ2v) is 8.12. The lowest BCUT2D eigenvalue weighted by atomic mass is 9.89. The molecule has 0 spiro atoms. The number of rotatable bonds is 6. The fraction of sp³-hybridized carbons (Fsp3) is 0.625. The standard InChI is InChI=1S/C16H26NO3P/c1-13-9-11-15(12-10-13)17-16(21(18,19-2)20-3)14-7-5-4-6-8-14/h9-12,14,16-17H,4-8H2,1-3H3. The van der Waals surface area contributed by atoms with Gasteiger partial charge in [0.25, 0.3) is 0 Å². The first-order valence-corrected chi connectivity index (χ1v) is 9.24. The molecule has 0 bridgehead atoms. The Bertz CT molecular complexity index is 475. The molecule has 0 radical (unpaired) electrons. The van der Waals surface area contributed by atoms with E-state index in [1.54, 1.807) is 0 Å². The van der Waals surface area contributed by atoms with Crippen LogP contribution in [-0.2, 0) is 13.6 Å². The van der Waals surface area contributed by atoms with Crippen molar-refractivity contribution < 1.29 is 13.6 Å². The van der Waals surface area contributed by atoms with Crippen molar-refractivity contribution in [3.63, 3.8) is 0 Å². The topological polar surface area (TPSA) is 47.6 Å². The van der Waals surface area contributed by atoms with Gasteiger partial charge in [-0.15, -0.1) is 0 Å². The van der Waals surface area contributed by atoms with Crippen LogP contribution in [0.4, 0.5) is 5.69 Å². The molecule has 5 heteroatoms. The molecule has 4 nitrogen and oxygen atoms in total. The molecular weight excluding hydrogens is 285 g/mol. The summed E-state index contributed by atoms with van der Waals surface area (Å²) in [6.07, 6.45) is 5.77. The lowest BCUT2D eigenvalue weighted by Gasteiger charge is -2.34. The summed E-state index contributed by atoms with van der Waals surface area (Å²) < 4.78 is 23.5. The molecule has 2 rings (SSSR count). The Morgan fingerprint density at radius 2 is 1.67 bits per heavy atom. The predicted octanol–water partition coefficient (Wildman–Crippen LogP) is 4.80. The lowest BCUT2D eigenvalue weighted by molar-refractivity contribution is 0.244. The predicted molar refractivity (Wildman–Crippen MR) is 86.8 cm³/mol. The third-order valence-corrected chi connectivity index (χ3v) is 6.56. The van der Waals surface area contributed by atoms with E-state index in [2.05, 4.69) is 12.2 Å². The lowest BCUT2D eigenvalue weighted by Crippen LogP contribution is -2.31. The Balaban J connectivity index is 2.22. The van der Waals surface area contributed by atoms with Gasteiger partial charge < -0.3 is 14.4 Å². The summed E-state index contributed by atoms with van der Waals surface area (Å²) in [6.45, 7) is 2.05. The molecule has 0 heterocycles. The molecule has 0 aliphatic heterocycles. The third kappa shape index (κ3) is 4.09. The molecule has 1 unspecified atom stereocenters. The summed E-state index contributed by atoms with van der Waals surface area (Å²) in [5, 5.41) is 3.41. The van der Waals surface area contributed by atoms with Crippen LogP contribution in [0.15, 0.2) is 24.3 Å². The molecule has 1 atom stereocenters. The molecule has 0 aromatic heterocycles. The van der Waals surface area contributed by atoms with Crippen LogP contribution in [0.3, 0.4) is 0 Å². The highest BCUT2D eigenvalue weighted by molar-refractivity contribution is 7.54. The average molecular weight is 311 g/mol. The second kappa shape index (κ2) is 7.44. The molecular formula is C16H26NO3P. The van der Waals surface area contributed by atoms with E-state index in [0.29, 0.717) is 5.92 Å². The maximum atomic E-state index is 12.9. The van der Waals surface area contributed by atoms with Gasteiger partial charge in [0.05, 0.1) is 0 Å². The van der Waals surface area contributed by atoms with Crippen molar-refractivity contribution in [2.45, 2.75) is 44.8 Å². The highest BCUT2D eigenvalue weighted by Crippen LogP contribution is 2.56. The zero-order valence-electron chi connectivity index (χ0n) is 13.2. The van der Waals surface area contributed by atoms with Crippen molar-refractivity contribution in [1.82, 2.24) is 0 Å². The number of anilines is 1. The van der Waals surface area contributed by atoms with Gasteiger partial charge in [-0.25, -0.2) is 0 Å². The number of hydrogen-bond donors (Lipinski definition) is 1. The zero-order chi connectivity index (χ0) is 15.3. The van der Waals surface area contributed by atoms with Crippen molar-refractivity contribution >= 4 is 13.3 Å². The Morgan fingerprint density at radius 3 is 2.19 bits per heavy atom. The Labute approximate surface area is 127 Å². The van der Waals surface area contributed by atoms with E-state index in [9.17, 15) is 4.57 Å². The molecule has 1 saturated carbocycles. The molecule has 0 amide bonds. The number of benzene rings is 1. The van der Waals surface area contributed by atoms with Crippen molar-refractivity contribution in [1.29, 1.82) is 0 Å². The van der Waals surface area contributed by atoms with Crippen LogP contribution in [0, 0.1) is 12.8 Å². The van der Waals surface area contributed by atoms with Crippen molar-refractivity contribution in [3.8, 4) is 0 Å². The van der Waals surface area contributed by atoms with Crippen LogP contribution < -0.4 is 5.32 Å². The van der Waals surface area contributed by atoms with E-state index in [1.807, 2.05) is 24.3 Å². The maximum Gasteiger partial charge on any atom is 0.352 e. The van der Waals surface area contributed by atoms with Crippen LogP contribution in [0.1, 0.15) is 37.7 Å². The van der Waals surface area contributed by atoms with Crippen LogP contribution in [-0.4, -0.2) is 20.0 Å². The third-order valence-electron chi connectivity index (χ3n) is 4.31. The van der Waals surface area contributed by atoms with Gasteiger partial charge >= 0.3 is 7.60 Å². The van der Waals surface area contributed by atoms with Gasteiger partial charge in [0.1, 0.15) is 5.78 Å². The Kier molecular flexibility index (Phi) is 5.86. The molecule has 21 heavy (non-hydrogen) atoms. The van der Waals surface area contributed by atoms with Crippen LogP contribution >= 0.6 is 7.60 Å². The molecule has 0 saturated heterocycles. The van der Waals surface area contributed by atoms with Gasteiger partial charge in [0.15, 0.2) is 0 Å². The van der Waals surface area contributed by atoms with Gasteiger partial charge in [-0.3, -0.25) is 4.57 Å². The second-order valence-electron chi connectivity index (χ2n) is 5.76. The summed E-state index contributed by atoms with van der Waals surface area (Å²) in [4.78, 5) is 0. The zero-order valence-corrected chi connectivity index (χ0v) is 14.1. The Hall–Kier alpha value is -0.830. The molecule has 1 aliphatic carbocycles. The summed E-state index contributed by atoms with van der Waals surface area (Å²) in [5.41, 5.74) is 2.17. The first-order chi connectivity index (χ1) is 10.1. The van der Waals surface area contributed by atoms with Crippen molar-refractivity contribution in [2.24, 2.45) is 5.92 Å². The quantitative estimate of drug-likeness (QED) is 0.767. The summed E-state index contributed by atoms with van der Waals surface area (Å²) in [5.74, 6) is 0.0429. The minimum absolute atomic E-state index is 0.282. The van der Waals surface area contributed by atoms with E-state index in [1.165, 1.54) is 39.0 Å². The van der Waals surface area contributed by atoms with Crippen molar-refractivity contribution in [3.05, 3.63) is 29.8 Å². The monoisotopic (exact) mass is 311 g/mol. The minimum Gasteiger partial charge on any atom is -0.371 e. The van der Waals surface area contributed by atoms with Gasteiger partial charge in [0, 0.05) is 19.9 Å². The van der Waals surface area contributed by atoms with Crippen LogP contribution in [0.5, 0.6) is 0 Å². The van der Waals surface area contributed by atoms with Crippen molar-refractivity contribution in [2.75, 3.05) is 19.5 Å². The van der Waals surface area contributed by atoms with Gasteiger partial charge in [-0.1, -0.05) is 37.0 Å². The van der Waals surface area contributed by atoms with Gasteiger partial charge in [0.2, 0.25) is 0 Å². The smallest absolute Gasteiger partial charge is 0.352 e. The molecule has 1 aliphatic rings. The number of nitrogens with one attached hydrogen (secondary N) is 1. The molecule has 1 aromatic rings. The normalized spacial score (nSPS) is 18.4. The van der Waals surface area contributed by atoms with Gasteiger partial charge in [-0.05, 0) is 37.8 Å². The van der Waals surface area contributed by atoms with E-state index < -0.39 is 7.60 Å². The number of aryl methyl sites for hydroxylation is 1. The first kappa shape index (κ1) is 16.5. The fourth-order valence-electron chi connectivity index (χ4n) is 3.03. The largest absolute Gasteiger partial charge is 0.371 e. The molecule has 1 aromatic carbocycles.